The molecule has 4 heteroatoms. The summed E-state index contributed by atoms with van der Waals surface area (Å²) in [5.74, 6) is 0. The quantitative estimate of drug-likeness (QED) is 0.226. The van der Waals surface area contributed by atoms with Gasteiger partial charge < -0.3 is 0 Å². The van der Waals surface area contributed by atoms with E-state index in [1.54, 1.807) is 0 Å². The van der Waals surface area contributed by atoms with Crippen LogP contribution in [0.3, 0.4) is 0 Å². The maximum atomic E-state index is 3.75. The fourth-order valence-corrected chi connectivity index (χ4v) is 4.96. The number of benzene rings is 3. The minimum atomic E-state index is 0.998. The van der Waals surface area contributed by atoms with Crippen LogP contribution in [0.25, 0.3) is 22.3 Å². The van der Waals surface area contributed by atoms with Crippen LogP contribution in [0.1, 0.15) is 0 Å². The van der Waals surface area contributed by atoms with E-state index >= 15 is 0 Å². The largest absolute Gasteiger partial charge is 0.0622 e. The van der Waals surface area contributed by atoms with E-state index in [-0.39, 0.29) is 0 Å². The third-order valence-electron chi connectivity index (χ3n) is 3.39. The number of hydrogen-bond donors (Lipinski definition) is 0. The SMILES string of the molecule is Brc1c(Br)c(Br)c(-c2ccccc2)c(-c2ccccc2)c1Br. The fraction of sp³-hybridized carbons (Fsp3) is 0. The molecule has 0 unspecified atom stereocenters. The van der Waals surface area contributed by atoms with Crippen molar-refractivity contribution in [2.75, 3.05) is 0 Å². The lowest BCUT2D eigenvalue weighted by Crippen LogP contribution is -1.92. The number of hydrogen-bond acceptors (Lipinski definition) is 0. The number of halogens is 4. The Labute approximate surface area is 163 Å². The molecule has 0 saturated heterocycles. The Morgan fingerprint density at radius 3 is 1.05 bits per heavy atom. The molecule has 0 aliphatic carbocycles. The Bertz CT molecular complexity index is 741. The van der Waals surface area contributed by atoms with E-state index in [0.717, 1.165) is 29.0 Å². The van der Waals surface area contributed by atoms with Crippen molar-refractivity contribution < 1.29 is 0 Å². The molecule has 3 rings (SSSR count). The summed E-state index contributed by atoms with van der Waals surface area (Å²) in [4.78, 5) is 0. The summed E-state index contributed by atoms with van der Waals surface area (Å²) in [7, 11) is 0. The van der Waals surface area contributed by atoms with Gasteiger partial charge in [-0.1, -0.05) is 60.7 Å². The van der Waals surface area contributed by atoms with Gasteiger partial charge in [0.1, 0.15) is 0 Å². The second-order valence-electron chi connectivity index (χ2n) is 4.74. The Morgan fingerprint density at radius 1 is 0.409 bits per heavy atom. The van der Waals surface area contributed by atoms with Gasteiger partial charge in [-0.25, -0.2) is 0 Å². The van der Waals surface area contributed by atoms with Crippen molar-refractivity contribution in [1.82, 2.24) is 0 Å². The van der Waals surface area contributed by atoms with Gasteiger partial charge in [0.05, 0.1) is 0 Å². The highest BCUT2D eigenvalue weighted by molar-refractivity contribution is 9.15. The van der Waals surface area contributed by atoms with Crippen LogP contribution < -0.4 is 0 Å². The molecule has 22 heavy (non-hydrogen) atoms. The molecule has 0 nitrogen and oxygen atoms in total. The molecular weight excluding hydrogens is 536 g/mol. The van der Waals surface area contributed by atoms with Crippen LogP contribution in [0, 0.1) is 0 Å². The van der Waals surface area contributed by atoms with E-state index < -0.39 is 0 Å². The zero-order valence-corrected chi connectivity index (χ0v) is 17.6. The smallest absolute Gasteiger partial charge is 0.0477 e. The lowest BCUT2D eigenvalue weighted by Gasteiger charge is -2.18. The van der Waals surface area contributed by atoms with Crippen LogP contribution in [-0.2, 0) is 0 Å². The van der Waals surface area contributed by atoms with E-state index in [4.69, 9.17) is 0 Å². The summed E-state index contributed by atoms with van der Waals surface area (Å²) in [5.41, 5.74) is 4.66. The van der Waals surface area contributed by atoms with E-state index in [2.05, 4.69) is 112 Å². The van der Waals surface area contributed by atoms with Crippen LogP contribution in [0.4, 0.5) is 0 Å². The normalized spacial score (nSPS) is 10.7. The van der Waals surface area contributed by atoms with E-state index in [0.29, 0.717) is 0 Å². The third kappa shape index (κ3) is 2.99. The van der Waals surface area contributed by atoms with Crippen molar-refractivity contribution in [1.29, 1.82) is 0 Å². The van der Waals surface area contributed by atoms with Crippen LogP contribution in [0.2, 0.25) is 0 Å². The average molecular weight is 546 g/mol. The van der Waals surface area contributed by atoms with Crippen molar-refractivity contribution >= 4 is 63.7 Å². The molecule has 0 atom stereocenters. The fourth-order valence-electron chi connectivity index (χ4n) is 2.38. The first kappa shape index (κ1) is 16.4. The molecule has 0 amide bonds. The van der Waals surface area contributed by atoms with Crippen LogP contribution in [0.5, 0.6) is 0 Å². The van der Waals surface area contributed by atoms with Gasteiger partial charge >= 0.3 is 0 Å². The van der Waals surface area contributed by atoms with Gasteiger partial charge in [-0.05, 0) is 74.8 Å². The van der Waals surface area contributed by atoms with Crippen molar-refractivity contribution in [3.05, 3.63) is 78.6 Å². The zero-order chi connectivity index (χ0) is 15.7. The third-order valence-corrected chi connectivity index (χ3v) is 8.16. The van der Waals surface area contributed by atoms with Gasteiger partial charge in [0.15, 0.2) is 0 Å². The maximum Gasteiger partial charge on any atom is 0.0477 e. The van der Waals surface area contributed by atoms with Crippen molar-refractivity contribution in [3.8, 4) is 22.3 Å². The summed E-state index contributed by atoms with van der Waals surface area (Å²) in [5, 5.41) is 0. The minimum absolute atomic E-state index is 0.998. The Kier molecular flexibility index (Phi) is 5.23. The van der Waals surface area contributed by atoms with E-state index in [9.17, 15) is 0 Å². The Balaban J connectivity index is 2.42. The molecule has 0 radical (unpaired) electrons. The van der Waals surface area contributed by atoms with E-state index in [1.807, 2.05) is 12.1 Å². The van der Waals surface area contributed by atoms with Gasteiger partial charge in [-0.2, -0.15) is 0 Å². The van der Waals surface area contributed by atoms with Gasteiger partial charge in [0.25, 0.3) is 0 Å². The summed E-state index contributed by atoms with van der Waals surface area (Å²) in [6.45, 7) is 0. The monoisotopic (exact) mass is 542 g/mol. The molecule has 0 bridgehead atoms. The lowest BCUT2D eigenvalue weighted by atomic mass is 9.94. The van der Waals surface area contributed by atoms with Gasteiger partial charge in [0.2, 0.25) is 0 Å². The molecule has 0 spiro atoms. The molecule has 0 heterocycles. The molecule has 0 aliphatic heterocycles. The summed E-state index contributed by atoms with van der Waals surface area (Å²) in [6.07, 6.45) is 0. The highest BCUT2D eigenvalue weighted by Gasteiger charge is 2.21. The Morgan fingerprint density at radius 2 is 0.727 bits per heavy atom. The second kappa shape index (κ2) is 7.00. The number of rotatable bonds is 2. The predicted octanol–water partition coefficient (Wildman–Crippen LogP) is 8.07. The summed E-state index contributed by atoms with van der Waals surface area (Å²) >= 11 is 14.8. The topological polar surface area (TPSA) is 0 Å². The lowest BCUT2D eigenvalue weighted by molar-refractivity contribution is 1.46. The maximum absolute atomic E-state index is 3.75. The molecule has 0 fully saturated rings. The zero-order valence-electron chi connectivity index (χ0n) is 11.3. The first-order valence-corrected chi connectivity index (χ1v) is 9.75. The van der Waals surface area contributed by atoms with Crippen LogP contribution >= 0.6 is 63.7 Å². The van der Waals surface area contributed by atoms with Crippen molar-refractivity contribution in [2.45, 2.75) is 0 Å². The van der Waals surface area contributed by atoms with Crippen molar-refractivity contribution in [2.24, 2.45) is 0 Å². The van der Waals surface area contributed by atoms with Gasteiger partial charge in [0, 0.05) is 29.0 Å². The molecule has 3 aromatic carbocycles. The average Bonchev–Trinajstić information content (AvgIpc) is 2.57. The highest BCUT2D eigenvalue weighted by atomic mass is 79.9. The highest BCUT2D eigenvalue weighted by Crippen LogP contribution is 2.50. The predicted molar refractivity (Wildman–Crippen MR) is 108 cm³/mol. The molecule has 0 aromatic heterocycles. The summed E-state index contributed by atoms with van der Waals surface area (Å²) in [6, 6.07) is 20.8. The van der Waals surface area contributed by atoms with Gasteiger partial charge in [-0.3, -0.25) is 0 Å². The van der Waals surface area contributed by atoms with Crippen LogP contribution in [-0.4, -0.2) is 0 Å². The Hall–Kier alpha value is -0.420. The molecule has 0 N–H and O–H groups in total. The first-order chi connectivity index (χ1) is 10.6. The van der Waals surface area contributed by atoms with Crippen LogP contribution in [0.15, 0.2) is 78.6 Å². The van der Waals surface area contributed by atoms with Crippen molar-refractivity contribution in [3.63, 3.8) is 0 Å². The van der Waals surface area contributed by atoms with E-state index in [1.165, 1.54) is 11.1 Å². The minimum Gasteiger partial charge on any atom is -0.0622 e. The first-order valence-electron chi connectivity index (χ1n) is 6.58. The molecule has 0 aliphatic rings. The standard InChI is InChI=1S/C18H10Br4/c19-15-13(11-7-3-1-4-8-11)14(12-9-5-2-6-10-12)16(20)18(22)17(15)21/h1-10H. The second-order valence-corrected chi connectivity index (χ2v) is 7.91. The molecule has 0 saturated carbocycles. The molecular formula is C18H10Br4. The van der Waals surface area contributed by atoms with Gasteiger partial charge in [-0.15, -0.1) is 0 Å². The molecule has 3 aromatic rings. The molecule has 110 valence electrons. The summed E-state index contributed by atoms with van der Waals surface area (Å²) < 4.78 is 4.07.